The van der Waals surface area contributed by atoms with Crippen LogP contribution < -0.4 is 15.1 Å². The van der Waals surface area contributed by atoms with Crippen molar-refractivity contribution < 1.29 is 9.59 Å². The van der Waals surface area contributed by atoms with Gasteiger partial charge in [0.1, 0.15) is 0 Å². The maximum Gasteiger partial charge on any atom is 0.242 e. The van der Waals surface area contributed by atoms with Gasteiger partial charge in [-0.3, -0.25) is 14.5 Å². The van der Waals surface area contributed by atoms with Crippen LogP contribution in [0.4, 0.5) is 17.1 Å². The molecule has 0 radical (unpaired) electrons. The number of fused-ring (bicyclic) bond motifs is 1. The smallest absolute Gasteiger partial charge is 0.242 e. The third-order valence-electron chi connectivity index (χ3n) is 9.01. The molecule has 7 nitrogen and oxygen atoms in total. The number of nitrogens with zero attached hydrogens (tertiary/aromatic N) is 4. The van der Waals surface area contributed by atoms with E-state index in [0.717, 1.165) is 60.0 Å². The Kier molecular flexibility index (Phi) is 8.01. The number of anilines is 3. The summed E-state index contributed by atoms with van der Waals surface area (Å²) in [6, 6.07) is 26.7. The van der Waals surface area contributed by atoms with Crippen molar-refractivity contribution in [1.29, 1.82) is 0 Å². The minimum atomic E-state index is -0.366. The van der Waals surface area contributed by atoms with Crippen molar-refractivity contribution in [3.63, 3.8) is 0 Å². The molecule has 3 aromatic rings. The lowest BCUT2D eigenvalue weighted by Crippen LogP contribution is -2.51. The molecule has 1 unspecified atom stereocenters. The van der Waals surface area contributed by atoms with E-state index in [2.05, 4.69) is 94.5 Å². The number of carbonyl (C=O) groups excluding carboxylic acids is 2. The Labute approximate surface area is 255 Å². The highest BCUT2D eigenvalue weighted by molar-refractivity contribution is 6.02. The molecule has 2 aliphatic heterocycles. The van der Waals surface area contributed by atoms with Crippen LogP contribution in [0.15, 0.2) is 90.1 Å². The van der Waals surface area contributed by atoms with E-state index < -0.39 is 0 Å². The molecule has 0 aromatic heterocycles. The number of hydrogen-bond acceptors (Lipinski definition) is 6. The predicted molar refractivity (Wildman–Crippen MR) is 174 cm³/mol. The van der Waals surface area contributed by atoms with E-state index in [-0.39, 0.29) is 29.7 Å². The van der Waals surface area contributed by atoms with Gasteiger partial charge in [0.15, 0.2) is 5.78 Å². The van der Waals surface area contributed by atoms with Gasteiger partial charge in [-0.05, 0) is 47.2 Å². The van der Waals surface area contributed by atoms with Crippen LogP contribution in [0.5, 0.6) is 0 Å². The Morgan fingerprint density at radius 3 is 2.26 bits per heavy atom. The summed E-state index contributed by atoms with van der Waals surface area (Å²) < 4.78 is 0. The second kappa shape index (κ2) is 11.9. The molecule has 7 heteroatoms. The number of amides is 1. The molecule has 1 saturated heterocycles. The van der Waals surface area contributed by atoms with Crippen LogP contribution in [0.2, 0.25) is 0 Å². The molecule has 1 fully saturated rings. The number of hydrogen-bond donors (Lipinski definition) is 1. The highest BCUT2D eigenvalue weighted by Gasteiger charge is 2.42. The van der Waals surface area contributed by atoms with E-state index in [0.29, 0.717) is 19.5 Å². The summed E-state index contributed by atoms with van der Waals surface area (Å²) in [6.45, 7) is 8.50. The molecule has 1 amide bonds. The lowest BCUT2D eigenvalue weighted by atomic mass is 9.73. The Balaban J connectivity index is 1.32. The first-order valence-corrected chi connectivity index (χ1v) is 15.4. The molecular formula is C36H43N5O2. The number of nitrogens with one attached hydrogen (secondary N) is 1. The van der Waals surface area contributed by atoms with Gasteiger partial charge in [0.25, 0.3) is 0 Å². The minimum Gasteiger partial charge on any atom is -0.378 e. The van der Waals surface area contributed by atoms with Gasteiger partial charge in [-0.2, -0.15) is 0 Å². The molecule has 0 saturated carbocycles. The first kappa shape index (κ1) is 29.0. The standard InChI is InChI=1S/C36H43N5O2/c1-36(2)22-30-34(32(42)23-36)35(27-14-16-28(17-15-27)38(3)4)41(31-13-9-8-12-29(31)37-30)25-33(43)40-20-18-39(19-21-40)24-26-10-6-5-7-11-26/h5-17,35,37H,18-25H2,1-4H3. The Bertz CT molecular complexity index is 1500. The van der Waals surface area contributed by atoms with Gasteiger partial charge in [0.2, 0.25) is 5.91 Å². The zero-order chi connectivity index (χ0) is 30.1. The molecule has 2 heterocycles. The quantitative estimate of drug-likeness (QED) is 0.405. The molecule has 6 rings (SSSR count). The summed E-state index contributed by atoms with van der Waals surface area (Å²) in [6.07, 6.45) is 1.27. The molecular weight excluding hydrogens is 534 g/mol. The highest BCUT2D eigenvalue weighted by Crippen LogP contribution is 2.48. The third-order valence-corrected chi connectivity index (χ3v) is 9.01. The Hall–Kier alpha value is -4.10. The molecule has 1 aliphatic carbocycles. The second-order valence-electron chi connectivity index (χ2n) is 13.1. The largest absolute Gasteiger partial charge is 0.378 e. The van der Waals surface area contributed by atoms with Crippen LogP contribution in [0, 0.1) is 5.41 Å². The van der Waals surface area contributed by atoms with Gasteiger partial charge < -0.3 is 20.0 Å². The molecule has 224 valence electrons. The van der Waals surface area contributed by atoms with Crippen molar-refractivity contribution in [2.24, 2.45) is 5.41 Å². The highest BCUT2D eigenvalue weighted by atomic mass is 16.2. The van der Waals surface area contributed by atoms with Crippen molar-refractivity contribution in [3.8, 4) is 0 Å². The van der Waals surface area contributed by atoms with Gasteiger partial charge in [-0.15, -0.1) is 0 Å². The SMILES string of the molecule is CN(C)c1ccc(C2C3=C(CC(C)(C)CC3=O)Nc3ccccc3N2CC(=O)N2CCN(Cc3ccccc3)CC2)cc1. The van der Waals surface area contributed by atoms with Gasteiger partial charge in [0.05, 0.1) is 24.0 Å². The molecule has 3 aliphatic rings. The summed E-state index contributed by atoms with van der Waals surface area (Å²) in [5.74, 6) is 0.247. The van der Waals surface area contributed by atoms with E-state index in [9.17, 15) is 9.59 Å². The van der Waals surface area contributed by atoms with Crippen molar-refractivity contribution in [2.75, 3.05) is 61.9 Å². The summed E-state index contributed by atoms with van der Waals surface area (Å²) in [4.78, 5) is 36.7. The van der Waals surface area contributed by atoms with Gasteiger partial charge in [-0.1, -0.05) is 68.4 Å². The minimum absolute atomic E-state index is 0.0942. The fourth-order valence-electron chi connectivity index (χ4n) is 6.77. The molecule has 0 spiro atoms. The summed E-state index contributed by atoms with van der Waals surface area (Å²) in [7, 11) is 4.05. The normalized spacial score (nSPS) is 20.2. The van der Waals surface area contributed by atoms with Crippen molar-refractivity contribution in [1.82, 2.24) is 9.80 Å². The lowest BCUT2D eigenvalue weighted by molar-refractivity contribution is -0.131. The van der Waals surface area contributed by atoms with Crippen LogP contribution in [0.1, 0.15) is 43.9 Å². The number of piperazine rings is 1. The Morgan fingerprint density at radius 2 is 1.56 bits per heavy atom. The van der Waals surface area contributed by atoms with Crippen molar-refractivity contribution in [3.05, 3.63) is 101 Å². The zero-order valence-corrected chi connectivity index (χ0v) is 25.8. The number of allylic oxidation sites excluding steroid dienone is 1. The van der Waals surface area contributed by atoms with Crippen molar-refractivity contribution >= 4 is 28.8 Å². The van der Waals surface area contributed by atoms with Crippen LogP contribution in [-0.2, 0) is 16.1 Å². The second-order valence-corrected chi connectivity index (χ2v) is 13.1. The number of ketones is 1. The van der Waals surface area contributed by atoms with Crippen molar-refractivity contribution in [2.45, 2.75) is 39.3 Å². The van der Waals surface area contributed by atoms with E-state index in [1.807, 2.05) is 37.2 Å². The molecule has 43 heavy (non-hydrogen) atoms. The van der Waals surface area contributed by atoms with Crippen LogP contribution in [0.25, 0.3) is 0 Å². The van der Waals surface area contributed by atoms with E-state index in [4.69, 9.17) is 0 Å². The molecule has 0 bridgehead atoms. The maximum atomic E-state index is 14.1. The average Bonchev–Trinajstić information content (AvgIpc) is 3.12. The van der Waals surface area contributed by atoms with Gasteiger partial charge in [-0.25, -0.2) is 0 Å². The number of Topliss-reactive ketones (excluding diaryl/α,β-unsaturated/α-hetero) is 1. The zero-order valence-electron chi connectivity index (χ0n) is 25.8. The average molecular weight is 578 g/mol. The number of para-hydroxylation sites is 2. The summed E-state index contributed by atoms with van der Waals surface area (Å²) >= 11 is 0. The van der Waals surface area contributed by atoms with Crippen LogP contribution in [0.3, 0.4) is 0 Å². The first-order chi connectivity index (χ1) is 20.7. The summed E-state index contributed by atoms with van der Waals surface area (Å²) in [5, 5.41) is 3.67. The van der Waals surface area contributed by atoms with E-state index >= 15 is 0 Å². The monoisotopic (exact) mass is 577 g/mol. The molecule has 1 atom stereocenters. The number of carbonyl (C=O) groups is 2. The van der Waals surface area contributed by atoms with E-state index in [1.165, 1.54) is 5.56 Å². The lowest BCUT2D eigenvalue weighted by Gasteiger charge is -2.40. The van der Waals surface area contributed by atoms with Crippen LogP contribution in [-0.4, -0.2) is 68.3 Å². The topological polar surface area (TPSA) is 59.1 Å². The summed E-state index contributed by atoms with van der Waals surface area (Å²) in [5.41, 5.74) is 6.91. The third kappa shape index (κ3) is 6.18. The molecule has 3 aromatic carbocycles. The van der Waals surface area contributed by atoms with Gasteiger partial charge >= 0.3 is 0 Å². The predicted octanol–water partition coefficient (Wildman–Crippen LogP) is 5.71. The van der Waals surface area contributed by atoms with Gasteiger partial charge in [0, 0.05) is 70.2 Å². The Morgan fingerprint density at radius 1 is 0.884 bits per heavy atom. The molecule has 1 N–H and O–H groups in total. The van der Waals surface area contributed by atoms with E-state index in [1.54, 1.807) is 0 Å². The maximum absolute atomic E-state index is 14.1. The number of rotatable bonds is 6. The fraction of sp³-hybridized carbons (Fsp3) is 0.389. The number of benzene rings is 3. The van der Waals surface area contributed by atoms with Crippen LogP contribution >= 0.6 is 0 Å². The fourth-order valence-corrected chi connectivity index (χ4v) is 6.77. The first-order valence-electron chi connectivity index (χ1n) is 15.4.